The van der Waals surface area contributed by atoms with E-state index in [0.29, 0.717) is 30.1 Å². The van der Waals surface area contributed by atoms with Crippen molar-refractivity contribution in [2.45, 2.75) is 71.6 Å². The van der Waals surface area contributed by atoms with Gasteiger partial charge in [0.05, 0.1) is 11.3 Å². The molecule has 1 saturated carbocycles. The van der Waals surface area contributed by atoms with Crippen LogP contribution in [0.5, 0.6) is 0 Å². The topological polar surface area (TPSA) is 103 Å². The van der Waals surface area contributed by atoms with Gasteiger partial charge in [0.25, 0.3) is 5.56 Å². The second kappa shape index (κ2) is 12.2. The summed E-state index contributed by atoms with van der Waals surface area (Å²) in [6.07, 6.45) is 4.85. The maximum atomic E-state index is 13.1. The summed E-state index contributed by atoms with van der Waals surface area (Å²) in [7, 11) is 0. The van der Waals surface area contributed by atoms with Crippen LogP contribution in [0.1, 0.15) is 73.0 Å². The number of nitrogens with zero attached hydrogens (tertiary/aromatic N) is 1. The number of nitrogens with two attached hydrogens (primary N) is 1. The van der Waals surface area contributed by atoms with Gasteiger partial charge in [-0.2, -0.15) is 0 Å². The number of ether oxygens (including phenoxy) is 1. The molecule has 1 heterocycles. The molecule has 0 unspecified atom stereocenters. The van der Waals surface area contributed by atoms with Gasteiger partial charge in [0, 0.05) is 18.2 Å². The Morgan fingerprint density at radius 3 is 2.29 bits per heavy atom. The molecule has 4 rings (SSSR count). The summed E-state index contributed by atoms with van der Waals surface area (Å²) >= 11 is 0. The van der Waals surface area contributed by atoms with Crippen molar-refractivity contribution in [1.82, 2.24) is 9.88 Å². The van der Waals surface area contributed by atoms with Gasteiger partial charge in [-0.1, -0.05) is 55.8 Å². The van der Waals surface area contributed by atoms with Crippen LogP contribution >= 0.6 is 0 Å². The van der Waals surface area contributed by atoms with Gasteiger partial charge in [-0.05, 0) is 68.7 Å². The Morgan fingerprint density at radius 1 is 1.00 bits per heavy atom. The monoisotopic (exact) mass is 515 g/mol. The normalized spacial score (nSPS) is 14.5. The number of rotatable bonds is 10. The van der Waals surface area contributed by atoms with Crippen molar-refractivity contribution in [2.24, 2.45) is 5.92 Å². The third-order valence-corrected chi connectivity index (χ3v) is 7.01. The number of anilines is 1. The van der Waals surface area contributed by atoms with E-state index in [1.54, 1.807) is 24.3 Å². The van der Waals surface area contributed by atoms with E-state index in [0.717, 1.165) is 36.8 Å². The van der Waals surface area contributed by atoms with Gasteiger partial charge >= 0.3 is 5.97 Å². The average Bonchev–Trinajstić information content (AvgIpc) is 3.40. The molecule has 200 valence electrons. The van der Waals surface area contributed by atoms with Gasteiger partial charge in [-0.25, -0.2) is 0 Å². The Labute approximate surface area is 224 Å². The highest BCUT2D eigenvalue weighted by molar-refractivity contribution is 6.11. The van der Waals surface area contributed by atoms with Crippen LogP contribution in [0.25, 0.3) is 5.69 Å². The molecule has 2 aromatic carbocycles. The Kier molecular flexibility index (Phi) is 8.79. The molecule has 0 aliphatic heterocycles. The standard InChI is InChI=1S/C31H37N3O4/c1-20(2)18-27(31(37)38-25-6-4-5-7-25)33-19-22-10-14-24(15-11-22)34-28(35)17-16-26(30(34)32)29(36)23-12-8-21(3)9-13-23/h8-17,20,25,27,33H,4-7,18-19,32H2,1-3H3/t27-/m0/s1. The van der Waals surface area contributed by atoms with E-state index in [2.05, 4.69) is 19.2 Å². The lowest BCUT2D eigenvalue weighted by atomic mass is 10.0. The number of pyridine rings is 1. The van der Waals surface area contributed by atoms with Crippen LogP contribution in [-0.4, -0.2) is 28.5 Å². The van der Waals surface area contributed by atoms with Crippen molar-refractivity contribution < 1.29 is 14.3 Å². The van der Waals surface area contributed by atoms with Gasteiger partial charge in [0.1, 0.15) is 18.0 Å². The fraction of sp³-hybridized carbons (Fsp3) is 0.387. The van der Waals surface area contributed by atoms with Crippen molar-refractivity contribution >= 4 is 17.6 Å². The van der Waals surface area contributed by atoms with E-state index in [1.807, 2.05) is 31.2 Å². The molecule has 1 atom stereocenters. The first kappa shape index (κ1) is 27.3. The molecule has 0 spiro atoms. The summed E-state index contributed by atoms with van der Waals surface area (Å²) in [4.78, 5) is 38.6. The minimum atomic E-state index is -0.377. The number of carbonyl (C=O) groups is 2. The Hall–Kier alpha value is -3.71. The van der Waals surface area contributed by atoms with E-state index in [1.165, 1.54) is 16.7 Å². The van der Waals surface area contributed by atoms with Crippen LogP contribution in [0, 0.1) is 12.8 Å². The van der Waals surface area contributed by atoms with Gasteiger partial charge in [-0.15, -0.1) is 0 Å². The second-order valence-corrected chi connectivity index (χ2v) is 10.6. The van der Waals surface area contributed by atoms with Crippen LogP contribution in [0.4, 0.5) is 5.82 Å². The zero-order chi connectivity index (χ0) is 27.2. The highest BCUT2D eigenvalue weighted by Crippen LogP contribution is 2.23. The van der Waals surface area contributed by atoms with Crippen molar-refractivity contribution in [3.05, 3.63) is 93.3 Å². The minimum Gasteiger partial charge on any atom is -0.461 e. The summed E-state index contributed by atoms with van der Waals surface area (Å²) in [5.74, 6) is 0.0192. The Balaban J connectivity index is 1.48. The quantitative estimate of drug-likeness (QED) is 0.293. The fourth-order valence-electron chi connectivity index (χ4n) is 4.86. The molecule has 0 amide bonds. The first-order chi connectivity index (χ1) is 18.2. The predicted molar refractivity (Wildman–Crippen MR) is 149 cm³/mol. The molecule has 3 N–H and O–H groups in total. The molecule has 7 nitrogen and oxygen atoms in total. The largest absolute Gasteiger partial charge is 0.461 e. The Morgan fingerprint density at radius 2 is 1.66 bits per heavy atom. The van der Waals surface area contributed by atoms with Gasteiger partial charge < -0.3 is 15.8 Å². The maximum Gasteiger partial charge on any atom is 0.323 e. The van der Waals surface area contributed by atoms with E-state index < -0.39 is 0 Å². The fourth-order valence-corrected chi connectivity index (χ4v) is 4.86. The molecule has 1 aliphatic rings. The highest BCUT2D eigenvalue weighted by atomic mass is 16.5. The van der Waals surface area contributed by atoms with Crippen LogP contribution in [0.3, 0.4) is 0 Å². The lowest BCUT2D eigenvalue weighted by molar-refractivity contribution is -0.151. The van der Waals surface area contributed by atoms with Crippen LogP contribution < -0.4 is 16.6 Å². The van der Waals surface area contributed by atoms with Crippen molar-refractivity contribution in [3.8, 4) is 5.69 Å². The molecule has 1 aliphatic carbocycles. The third-order valence-electron chi connectivity index (χ3n) is 7.01. The number of nitrogen functional groups attached to an aromatic ring is 1. The summed E-state index contributed by atoms with van der Waals surface area (Å²) in [6.45, 7) is 6.61. The lowest BCUT2D eigenvalue weighted by Gasteiger charge is -2.22. The number of aromatic nitrogens is 1. The number of hydrogen-bond donors (Lipinski definition) is 2. The zero-order valence-corrected chi connectivity index (χ0v) is 22.4. The number of hydrogen-bond acceptors (Lipinski definition) is 6. The van der Waals surface area contributed by atoms with E-state index >= 15 is 0 Å². The molecule has 1 aromatic heterocycles. The smallest absolute Gasteiger partial charge is 0.323 e. The first-order valence-corrected chi connectivity index (χ1v) is 13.4. The average molecular weight is 516 g/mol. The number of benzene rings is 2. The molecule has 3 aromatic rings. The summed E-state index contributed by atoms with van der Waals surface area (Å²) in [5, 5.41) is 3.36. The summed E-state index contributed by atoms with van der Waals surface area (Å²) < 4.78 is 7.10. The molecular weight excluding hydrogens is 478 g/mol. The highest BCUT2D eigenvalue weighted by Gasteiger charge is 2.26. The van der Waals surface area contributed by atoms with Crippen molar-refractivity contribution in [1.29, 1.82) is 0 Å². The van der Waals surface area contributed by atoms with Gasteiger partial charge in [-0.3, -0.25) is 19.0 Å². The number of carbonyl (C=O) groups excluding carboxylic acids is 2. The molecule has 0 saturated heterocycles. The number of esters is 1. The summed E-state index contributed by atoms with van der Waals surface area (Å²) in [6, 6.07) is 17.1. The van der Waals surface area contributed by atoms with Gasteiger partial charge in [0.2, 0.25) is 0 Å². The van der Waals surface area contributed by atoms with Crippen molar-refractivity contribution in [2.75, 3.05) is 5.73 Å². The number of aryl methyl sites for hydroxylation is 1. The number of nitrogens with one attached hydrogen (secondary N) is 1. The molecule has 0 radical (unpaired) electrons. The predicted octanol–water partition coefficient (Wildman–Crippen LogP) is 4.95. The molecule has 38 heavy (non-hydrogen) atoms. The molecule has 7 heteroatoms. The van der Waals surface area contributed by atoms with E-state index in [9.17, 15) is 14.4 Å². The summed E-state index contributed by atoms with van der Waals surface area (Å²) in [5.41, 5.74) is 9.38. The third kappa shape index (κ3) is 6.58. The van der Waals surface area contributed by atoms with Crippen molar-refractivity contribution in [3.63, 3.8) is 0 Å². The molecule has 1 fully saturated rings. The first-order valence-electron chi connectivity index (χ1n) is 13.4. The SMILES string of the molecule is Cc1ccc(C(=O)c2ccc(=O)n(-c3ccc(CN[C@@H](CC(C)C)C(=O)OC4CCCC4)cc3)c2N)cc1. The molecule has 0 bridgehead atoms. The maximum absolute atomic E-state index is 13.1. The molecular formula is C31H37N3O4. The van der Waals surface area contributed by atoms with Crippen LogP contribution in [0.2, 0.25) is 0 Å². The second-order valence-electron chi connectivity index (χ2n) is 10.6. The lowest BCUT2D eigenvalue weighted by Crippen LogP contribution is -2.40. The van der Waals surface area contributed by atoms with Gasteiger partial charge in [0.15, 0.2) is 5.78 Å². The van der Waals surface area contributed by atoms with E-state index in [-0.39, 0.29) is 40.8 Å². The minimum absolute atomic E-state index is 0.0377. The van der Waals surface area contributed by atoms with Crippen LogP contribution in [-0.2, 0) is 16.1 Å². The number of ketones is 1. The zero-order valence-electron chi connectivity index (χ0n) is 22.4. The Bertz CT molecular complexity index is 1320. The van der Waals surface area contributed by atoms with Crippen LogP contribution in [0.15, 0.2) is 65.5 Å². The van der Waals surface area contributed by atoms with E-state index in [4.69, 9.17) is 10.5 Å².